The standard InChI is InChI=1S/C18H30N2O/c1-3-12-21-17-8-4-7-16(13-17)18(14-19)20-10-5-6-15(2)9-11-20/h4,7-8,13,15,18H,3,5-6,9-12,14,19H2,1-2H3. The summed E-state index contributed by atoms with van der Waals surface area (Å²) in [5.74, 6) is 1.81. The number of rotatable bonds is 6. The van der Waals surface area contributed by atoms with Crippen LogP contribution in [0.25, 0.3) is 0 Å². The van der Waals surface area contributed by atoms with Crippen LogP contribution in [-0.4, -0.2) is 31.1 Å². The molecular weight excluding hydrogens is 260 g/mol. The summed E-state index contributed by atoms with van der Waals surface area (Å²) < 4.78 is 5.76. The normalized spacial score (nSPS) is 21.8. The lowest BCUT2D eigenvalue weighted by Crippen LogP contribution is -2.34. The molecule has 2 unspecified atom stereocenters. The van der Waals surface area contributed by atoms with Crippen molar-refractivity contribution in [2.24, 2.45) is 11.7 Å². The minimum atomic E-state index is 0.320. The second-order valence-electron chi connectivity index (χ2n) is 6.24. The van der Waals surface area contributed by atoms with E-state index in [1.165, 1.54) is 24.8 Å². The number of ether oxygens (including phenoxy) is 1. The summed E-state index contributed by atoms with van der Waals surface area (Å²) in [6.45, 7) is 8.25. The molecule has 0 aromatic heterocycles. The van der Waals surface area contributed by atoms with Gasteiger partial charge in [0.25, 0.3) is 0 Å². The Morgan fingerprint density at radius 2 is 2.19 bits per heavy atom. The van der Waals surface area contributed by atoms with E-state index in [0.717, 1.165) is 37.8 Å². The van der Waals surface area contributed by atoms with Gasteiger partial charge in [0.1, 0.15) is 5.75 Å². The van der Waals surface area contributed by atoms with Gasteiger partial charge in [-0.3, -0.25) is 4.90 Å². The first kappa shape index (κ1) is 16.3. The highest BCUT2D eigenvalue weighted by molar-refractivity contribution is 5.31. The SMILES string of the molecule is CCCOc1cccc(C(CN)N2CCCC(C)CC2)c1. The summed E-state index contributed by atoms with van der Waals surface area (Å²) in [5.41, 5.74) is 7.38. The lowest BCUT2D eigenvalue weighted by molar-refractivity contribution is 0.207. The molecule has 2 rings (SSSR count). The van der Waals surface area contributed by atoms with E-state index >= 15 is 0 Å². The molecule has 1 saturated heterocycles. The molecule has 21 heavy (non-hydrogen) atoms. The Hall–Kier alpha value is -1.06. The molecule has 0 bridgehead atoms. The summed E-state index contributed by atoms with van der Waals surface area (Å²) in [7, 11) is 0. The zero-order valence-electron chi connectivity index (χ0n) is 13.6. The Kier molecular flexibility index (Phi) is 6.52. The molecule has 0 saturated carbocycles. The number of benzene rings is 1. The third-order valence-corrected chi connectivity index (χ3v) is 4.43. The fourth-order valence-electron chi connectivity index (χ4n) is 3.12. The second-order valence-corrected chi connectivity index (χ2v) is 6.24. The molecule has 2 atom stereocenters. The van der Waals surface area contributed by atoms with Gasteiger partial charge in [-0.05, 0) is 62.4 Å². The fraction of sp³-hybridized carbons (Fsp3) is 0.667. The molecule has 0 radical (unpaired) electrons. The van der Waals surface area contributed by atoms with Crippen LogP contribution in [0.2, 0.25) is 0 Å². The van der Waals surface area contributed by atoms with Crippen molar-refractivity contribution in [1.29, 1.82) is 0 Å². The minimum Gasteiger partial charge on any atom is -0.494 e. The first-order valence-corrected chi connectivity index (χ1v) is 8.41. The van der Waals surface area contributed by atoms with E-state index in [1.807, 2.05) is 6.07 Å². The van der Waals surface area contributed by atoms with Crippen molar-refractivity contribution < 1.29 is 4.74 Å². The lowest BCUT2D eigenvalue weighted by atomic mass is 10.0. The molecule has 0 aliphatic carbocycles. The van der Waals surface area contributed by atoms with Gasteiger partial charge in [-0.2, -0.15) is 0 Å². The number of hydrogen-bond donors (Lipinski definition) is 1. The maximum Gasteiger partial charge on any atom is 0.119 e. The second kappa shape index (κ2) is 8.40. The molecule has 3 nitrogen and oxygen atoms in total. The monoisotopic (exact) mass is 290 g/mol. The van der Waals surface area contributed by atoms with E-state index in [2.05, 4.69) is 36.9 Å². The van der Waals surface area contributed by atoms with E-state index < -0.39 is 0 Å². The van der Waals surface area contributed by atoms with Crippen LogP contribution in [0, 0.1) is 5.92 Å². The Morgan fingerprint density at radius 1 is 1.33 bits per heavy atom. The Bertz CT molecular complexity index is 421. The maximum atomic E-state index is 6.09. The van der Waals surface area contributed by atoms with Crippen LogP contribution in [0.3, 0.4) is 0 Å². The lowest BCUT2D eigenvalue weighted by Gasteiger charge is -2.30. The molecule has 1 aromatic rings. The van der Waals surface area contributed by atoms with Crippen LogP contribution < -0.4 is 10.5 Å². The number of likely N-dealkylation sites (tertiary alicyclic amines) is 1. The van der Waals surface area contributed by atoms with Crippen molar-refractivity contribution in [2.45, 2.75) is 45.6 Å². The number of nitrogens with two attached hydrogens (primary N) is 1. The van der Waals surface area contributed by atoms with Gasteiger partial charge in [0.2, 0.25) is 0 Å². The van der Waals surface area contributed by atoms with Gasteiger partial charge in [-0.25, -0.2) is 0 Å². The summed E-state index contributed by atoms with van der Waals surface area (Å²) in [6.07, 6.45) is 4.94. The van der Waals surface area contributed by atoms with Crippen molar-refractivity contribution in [2.75, 3.05) is 26.2 Å². The third kappa shape index (κ3) is 4.72. The first-order valence-electron chi connectivity index (χ1n) is 8.41. The zero-order chi connectivity index (χ0) is 15.1. The van der Waals surface area contributed by atoms with Crippen LogP contribution in [0.15, 0.2) is 24.3 Å². The summed E-state index contributed by atoms with van der Waals surface area (Å²) in [4.78, 5) is 2.56. The van der Waals surface area contributed by atoms with Gasteiger partial charge in [-0.15, -0.1) is 0 Å². The van der Waals surface area contributed by atoms with Crippen molar-refractivity contribution in [3.8, 4) is 5.75 Å². The van der Waals surface area contributed by atoms with Crippen molar-refractivity contribution in [3.05, 3.63) is 29.8 Å². The van der Waals surface area contributed by atoms with Crippen LogP contribution in [0.5, 0.6) is 5.75 Å². The Labute approximate surface area is 129 Å². The van der Waals surface area contributed by atoms with Gasteiger partial charge in [-0.1, -0.05) is 26.0 Å². The fourth-order valence-corrected chi connectivity index (χ4v) is 3.12. The molecule has 0 spiro atoms. The van der Waals surface area contributed by atoms with E-state index in [4.69, 9.17) is 10.5 Å². The molecule has 118 valence electrons. The Morgan fingerprint density at radius 3 is 2.95 bits per heavy atom. The molecule has 1 fully saturated rings. The van der Waals surface area contributed by atoms with Crippen molar-refractivity contribution in [3.63, 3.8) is 0 Å². The highest BCUT2D eigenvalue weighted by atomic mass is 16.5. The van der Waals surface area contributed by atoms with E-state index in [0.29, 0.717) is 12.6 Å². The van der Waals surface area contributed by atoms with Gasteiger partial charge in [0.15, 0.2) is 0 Å². The largest absolute Gasteiger partial charge is 0.494 e. The number of nitrogens with zero attached hydrogens (tertiary/aromatic N) is 1. The van der Waals surface area contributed by atoms with Gasteiger partial charge < -0.3 is 10.5 Å². The average Bonchev–Trinajstić information content (AvgIpc) is 2.72. The van der Waals surface area contributed by atoms with E-state index in [1.54, 1.807) is 0 Å². The van der Waals surface area contributed by atoms with Crippen LogP contribution in [-0.2, 0) is 0 Å². The zero-order valence-corrected chi connectivity index (χ0v) is 13.6. The molecular formula is C18H30N2O. The summed E-state index contributed by atoms with van der Waals surface area (Å²) in [5, 5.41) is 0. The molecule has 1 aliphatic rings. The van der Waals surface area contributed by atoms with Gasteiger partial charge >= 0.3 is 0 Å². The molecule has 1 aliphatic heterocycles. The first-order chi connectivity index (χ1) is 10.2. The molecule has 0 amide bonds. The van der Waals surface area contributed by atoms with Crippen molar-refractivity contribution in [1.82, 2.24) is 4.90 Å². The summed E-state index contributed by atoms with van der Waals surface area (Å²) >= 11 is 0. The highest BCUT2D eigenvalue weighted by Crippen LogP contribution is 2.27. The third-order valence-electron chi connectivity index (χ3n) is 4.43. The van der Waals surface area contributed by atoms with Crippen LogP contribution in [0.1, 0.15) is 51.1 Å². The summed E-state index contributed by atoms with van der Waals surface area (Å²) in [6, 6.07) is 8.80. The highest BCUT2D eigenvalue weighted by Gasteiger charge is 2.22. The topological polar surface area (TPSA) is 38.5 Å². The Balaban J connectivity index is 2.08. The van der Waals surface area contributed by atoms with Gasteiger partial charge in [0.05, 0.1) is 6.61 Å². The van der Waals surface area contributed by atoms with E-state index in [9.17, 15) is 0 Å². The maximum absolute atomic E-state index is 6.09. The quantitative estimate of drug-likeness (QED) is 0.870. The smallest absolute Gasteiger partial charge is 0.119 e. The molecule has 2 N–H and O–H groups in total. The van der Waals surface area contributed by atoms with Crippen molar-refractivity contribution >= 4 is 0 Å². The van der Waals surface area contributed by atoms with Crippen LogP contribution >= 0.6 is 0 Å². The van der Waals surface area contributed by atoms with Gasteiger partial charge in [0, 0.05) is 12.6 Å². The predicted octanol–water partition coefficient (Wildman–Crippen LogP) is 3.60. The molecule has 1 heterocycles. The van der Waals surface area contributed by atoms with Crippen LogP contribution in [0.4, 0.5) is 0 Å². The minimum absolute atomic E-state index is 0.320. The molecule has 1 aromatic carbocycles. The predicted molar refractivity (Wildman–Crippen MR) is 88.6 cm³/mol. The average molecular weight is 290 g/mol. The number of hydrogen-bond acceptors (Lipinski definition) is 3. The molecule has 3 heteroatoms. The van der Waals surface area contributed by atoms with E-state index in [-0.39, 0.29) is 0 Å².